The van der Waals surface area contributed by atoms with E-state index in [1.807, 2.05) is 4.68 Å². The predicted octanol–water partition coefficient (Wildman–Crippen LogP) is 0.676. The van der Waals surface area contributed by atoms with Gasteiger partial charge in [-0.25, -0.2) is 4.68 Å². The normalized spacial score (nSPS) is 22.1. The Hall–Kier alpha value is -2.68. The molecule has 0 N–H and O–H groups in total. The van der Waals surface area contributed by atoms with Gasteiger partial charge in [-0.2, -0.15) is 4.98 Å². The summed E-state index contributed by atoms with van der Waals surface area (Å²) in [7, 11) is 3.01. The first kappa shape index (κ1) is 15.8. The van der Waals surface area contributed by atoms with Gasteiger partial charge in [0.15, 0.2) is 0 Å². The number of nitrogens with zero attached hydrogens (tertiary/aromatic N) is 5. The SMILES string of the molecule is COc1ccc(C(=O)N2CC[C@@H]3OCc4cnnn4[C@H]3C2)c(OC)n1. The monoisotopic (exact) mass is 345 g/mol. The van der Waals surface area contributed by atoms with Crippen LogP contribution in [0.4, 0.5) is 0 Å². The van der Waals surface area contributed by atoms with Crippen LogP contribution in [-0.4, -0.2) is 64.2 Å². The third-order valence-corrected chi connectivity index (χ3v) is 4.68. The van der Waals surface area contributed by atoms with Crippen LogP contribution < -0.4 is 9.47 Å². The lowest BCUT2D eigenvalue weighted by molar-refractivity contribution is -0.0605. The van der Waals surface area contributed by atoms with Gasteiger partial charge >= 0.3 is 0 Å². The number of pyridine rings is 1. The molecule has 2 aromatic rings. The van der Waals surface area contributed by atoms with Gasteiger partial charge in [0.05, 0.1) is 44.9 Å². The van der Waals surface area contributed by atoms with E-state index >= 15 is 0 Å². The Bertz CT molecular complexity index is 793. The number of piperidine rings is 1. The van der Waals surface area contributed by atoms with Crippen molar-refractivity contribution in [1.82, 2.24) is 24.9 Å². The Kier molecular flexibility index (Phi) is 4.00. The van der Waals surface area contributed by atoms with Crippen molar-refractivity contribution in [3.8, 4) is 11.8 Å². The molecule has 2 aliphatic heterocycles. The maximum Gasteiger partial charge on any atom is 0.259 e. The molecular formula is C16H19N5O4. The van der Waals surface area contributed by atoms with Gasteiger partial charge < -0.3 is 19.1 Å². The zero-order chi connectivity index (χ0) is 17.4. The smallest absolute Gasteiger partial charge is 0.259 e. The van der Waals surface area contributed by atoms with E-state index in [9.17, 15) is 4.79 Å². The Balaban J connectivity index is 1.58. The topological polar surface area (TPSA) is 91.6 Å². The first-order chi connectivity index (χ1) is 12.2. The minimum Gasteiger partial charge on any atom is -0.481 e. The third kappa shape index (κ3) is 2.70. The molecule has 9 heteroatoms. The largest absolute Gasteiger partial charge is 0.481 e. The number of ether oxygens (including phenoxy) is 3. The summed E-state index contributed by atoms with van der Waals surface area (Å²) in [5.41, 5.74) is 1.34. The molecule has 132 valence electrons. The molecule has 1 saturated heterocycles. The van der Waals surface area contributed by atoms with Crippen LogP contribution in [0.5, 0.6) is 11.8 Å². The quantitative estimate of drug-likeness (QED) is 0.807. The van der Waals surface area contributed by atoms with Crippen molar-refractivity contribution in [2.24, 2.45) is 0 Å². The van der Waals surface area contributed by atoms with E-state index in [0.29, 0.717) is 31.1 Å². The van der Waals surface area contributed by atoms with Gasteiger partial charge in [-0.3, -0.25) is 4.79 Å². The van der Waals surface area contributed by atoms with Gasteiger partial charge in [0, 0.05) is 19.2 Å². The van der Waals surface area contributed by atoms with E-state index in [1.165, 1.54) is 14.2 Å². The van der Waals surface area contributed by atoms with Crippen LogP contribution in [0.2, 0.25) is 0 Å². The second kappa shape index (κ2) is 6.32. The molecule has 0 aromatic carbocycles. The van der Waals surface area contributed by atoms with E-state index in [1.54, 1.807) is 23.2 Å². The number of hydrogen-bond acceptors (Lipinski definition) is 7. The molecule has 0 unspecified atom stereocenters. The fourth-order valence-electron chi connectivity index (χ4n) is 3.39. The molecule has 0 radical (unpaired) electrons. The highest BCUT2D eigenvalue weighted by atomic mass is 16.5. The van der Waals surface area contributed by atoms with Crippen molar-refractivity contribution in [2.75, 3.05) is 27.3 Å². The molecule has 4 rings (SSSR count). The van der Waals surface area contributed by atoms with E-state index in [4.69, 9.17) is 14.2 Å². The summed E-state index contributed by atoms with van der Waals surface area (Å²) in [6.45, 7) is 1.63. The average molecular weight is 345 g/mol. The number of hydrogen-bond donors (Lipinski definition) is 0. The Morgan fingerprint density at radius 3 is 3.00 bits per heavy atom. The van der Waals surface area contributed by atoms with Crippen LogP contribution in [0.1, 0.15) is 28.5 Å². The Morgan fingerprint density at radius 1 is 1.32 bits per heavy atom. The molecule has 2 aromatic heterocycles. The standard InChI is InChI=1S/C16H19N5O4/c1-23-14-4-3-11(15(18-14)24-2)16(22)20-6-5-13-12(8-20)21-10(9-25-13)7-17-19-21/h3-4,7,12-13H,5-6,8-9H2,1-2H3/t12-,13-/m0/s1. The fourth-order valence-corrected chi connectivity index (χ4v) is 3.39. The van der Waals surface area contributed by atoms with Gasteiger partial charge in [0.2, 0.25) is 11.8 Å². The summed E-state index contributed by atoms with van der Waals surface area (Å²) in [5, 5.41) is 8.11. The van der Waals surface area contributed by atoms with Crippen LogP contribution in [0.3, 0.4) is 0 Å². The van der Waals surface area contributed by atoms with Crippen LogP contribution in [0.25, 0.3) is 0 Å². The average Bonchev–Trinajstić information content (AvgIpc) is 3.15. The molecule has 2 aliphatic rings. The molecule has 1 fully saturated rings. The fraction of sp³-hybridized carbons (Fsp3) is 0.500. The van der Waals surface area contributed by atoms with Crippen LogP contribution in [0.15, 0.2) is 18.3 Å². The number of amides is 1. The molecule has 4 heterocycles. The second-order valence-electron chi connectivity index (χ2n) is 6.04. The lowest BCUT2D eigenvalue weighted by Gasteiger charge is -2.41. The molecule has 0 aliphatic carbocycles. The van der Waals surface area contributed by atoms with Crippen molar-refractivity contribution in [1.29, 1.82) is 0 Å². The summed E-state index contributed by atoms with van der Waals surface area (Å²) in [6, 6.07) is 3.31. The lowest BCUT2D eigenvalue weighted by atomic mass is 9.99. The summed E-state index contributed by atoms with van der Waals surface area (Å²) in [4.78, 5) is 19.0. The highest BCUT2D eigenvalue weighted by molar-refractivity contribution is 5.96. The van der Waals surface area contributed by atoms with Crippen LogP contribution in [-0.2, 0) is 11.3 Å². The Morgan fingerprint density at radius 2 is 2.20 bits per heavy atom. The molecular weight excluding hydrogens is 326 g/mol. The molecule has 0 spiro atoms. The zero-order valence-corrected chi connectivity index (χ0v) is 14.1. The van der Waals surface area contributed by atoms with E-state index in [-0.39, 0.29) is 23.9 Å². The molecule has 2 atom stereocenters. The van der Waals surface area contributed by atoms with Crippen molar-refractivity contribution >= 4 is 5.91 Å². The van der Waals surface area contributed by atoms with Crippen molar-refractivity contribution < 1.29 is 19.0 Å². The van der Waals surface area contributed by atoms with Gasteiger partial charge in [-0.15, -0.1) is 5.10 Å². The molecule has 9 nitrogen and oxygen atoms in total. The van der Waals surface area contributed by atoms with Gasteiger partial charge in [-0.1, -0.05) is 5.21 Å². The lowest BCUT2D eigenvalue weighted by Crippen LogP contribution is -2.50. The summed E-state index contributed by atoms with van der Waals surface area (Å²) >= 11 is 0. The first-order valence-corrected chi connectivity index (χ1v) is 8.10. The van der Waals surface area contributed by atoms with Crippen LogP contribution >= 0.6 is 0 Å². The molecule has 0 saturated carbocycles. The first-order valence-electron chi connectivity index (χ1n) is 8.10. The predicted molar refractivity (Wildman–Crippen MR) is 85.5 cm³/mol. The number of likely N-dealkylation sites (tertiary alicyclic amines) is 1. The van der Waals surface area contributed by atoms with E-state index < -0.39 is 0 Å². The highest BCUT2D eigenvalue weighted by Gasteiger charge is 2.38. The van der Waals surface area contributed by atoms with Crippen molar-refractivity contribution in [3.63, 3.8) is 0 Å². The minimum atomic E-state index is -0.127. The second-order valence-corrected chi connectivity index (χ2v) is 6.04. The number of carbonyl (C=O) groups is 1. The van der Waals surface area contributed by atoms with E-state index in [2.05, 4.69) is 15.3 Å². The minimum absolute atomic E-state index is 0.0267. The highest BCUT2D eigenvalue weighted by Crippen LogP contribution is 2.31. The molecule has 25 heavy (non-hydrogen) atoms. The molecule has 0 bridgehead atoms. The van der Waals surface area contributed by atoms with Crippen molar-refractivity contribution in [2.45, 2.75) is 25.2 Å². The number of rotatable bonds is 3. The van der Waals surface area contributed by atoms with Crippen LogP contribution in [0, 0.1) is 0 Å². The third-order valence-electron chi connectivity index (χ3n) is 4.68. The maximum absolute atomic E-state index is 13.0. The maximum atomic E-state index is 13.0. The van der Waals surface area contributed by atoms with Gasteiger partial charge in [0.1, 0.15) is 5.56 Å². The zero-order valence-electron chi connectivity index (χ0n) is 14.1. The number of methoxy groups -OCH3 is 2. The van der Waals surface area contributed by atoms with Gasteiger partial charge in [0.25, 0.3) is 5.91 Å². The molecule has 1 amide bonds. The summed E-state index contributed by atoms with van der Waals surface area (Å²) < 4.78 is 18.1. The summed E-state index contributed by atoms with van der Waals surface area (Å²) in [5.74, 6) is 0.533. The Labute approximate surface area is 144 Å². The van der Waals surface area contributed by atoms with Crippen molar-refractivity contribution in [3.05, 3.63) is 29.6 Å². The van der Waals surface area contributed by atoms with E-state index in [0.717, 1.165) is 12.1 Å². The number of carbonyl (C=O) groups excluding carboxylic acids is 1. The van der Waals surface area contributed by atoms with Gasteiger partial charge in [-0.05, 0) is 12.5 Å². The number of fused-ring (bicyclic) bond motifs is 3. The summed E-state index contributed by atoms with van der Waals surface area (Å²) in [6.07, 6.45) is 2.50. The number of aromatic nitrogens is 4.